The zero-order valence-electron chi connectivity index (χ0n) is 13.4. The van der Waals surface area contributed by atoms with Gasteiger partial charge in [0.2, 0.25) is 0 Å². The van der Waals surface area contributed by atoms with E-state index in [1.807, 2.05) is 68.7 Å². The van der Waals surface area contributed by atoms with E-state index in [1.54, 1.807) is 10.0 Å². The van der Waals surface area contributed by atoms with Crippen LogP contribution in [0.15, 0.2) is 54.6 Å². The van der Waals surface area contributed by atoms with Crippen molar-refractivity contribution in [1.29, 1.82) is 5.26 Å². The smallest absolute Gasteiger partial charge is 0.256 e. The molecule has 0 fully saturated rings. The van der Waals surface area contributed by atoms with Crippen molar-refractivity contribution in [3.63, 3.8) is 0 Å². The number of amides is 1. The van der Waals surface area contributed by atoms with Crippen molar-refractivity contribution in [1.82, 2.24) is 5.01 Å². The van der Waals surface area contributed by atoms with Crippen molar-refractivity contribution >= 4 is 11.6 Å². The highest BCUT2D eigenvalue weighted by molar-refractivity contribution is 6.09. The SMILES string of the molecule is CN(C)N1C(=O)C(CCC#N)(c2ccccc2)c2ccccc21. The molecule has 0 spiro atoms. The lowest BCUT2D eigenvalue weighted by Gasteiger charge is -2.30. The first kappa shape index (κ1) is 15.3. The van der Waals surface area contributed by atoms with Gasteiger partial charge in [-0.05, 0) is 23.6 Å². The first-order chi connectivity index (χ1) is 11.1. The minimum Gasteiger partial charge on any atom is -0.272 e. The number of carbonyl (C=O) groups excluding carboxylic acids is 1. The molecule has 4 heteroatoms. The van der Waals surface area contributed by atoms with Gasteiger partial charge in [-0.1, -0.05) is 48.5 Å². The molecular weight excluding hydrogens is 286 g/mol. The average Bonchev–Trinajstić information content (AvgIpc) is 2.83. The van der Waals surface area contributed by atoms with Crippen LogP contribution in [0, 0.1) is 11.3 Å². The molecule has 1 aliphatic rings. The molecule has 1 aliphatic heterocycles. The number of anilines is 1. The van der Waals surface area contributed by atoms with Crippen LogP contribution in [-0.2, 0) is 10.2 Å². The Bertz CT molecular complexity index is 764. The summed E-state index contributed by atoms with van der Waals surface area (Å²) in [5.74, 6) is 0.00477. The molecule has 1 atom stereocenters. The first-order valence-electron chi connectivity index (χ1n) is 7.66. The Morgan fingerprint density at radius 3 is 2.39 bits per heavy atom. The van der Waals surface area contributed by atoms with E-state index in [4.69, 9.17) is 5.26 Å². The number of para-hydroxylation sites is 1. The minimum atomic E-state index is -0.794. The number of hydrazine groups is 1. The Labute approximate surface area is 136 Å². The molecule has 0 bridgehead atoms. The lowest BCUT2D eigenvalue weighted by molar-refractivity contribution is -0.124. The maximum absolute atomic E-state index is 13.4. The van der Waals surface area contributed by atoms with Crippen molar-refractivity contribution in [2.24, 2.45) is 0 Å². The third-order valence-corrected chi connectivity index (χ3v) is 4.43. The van der Waals surface area contributed by atoms with Crippen LogP contribution in [0.25, 0.3) is 0 Å². The topological polar surface area (TPSA) is 47.3 Å². The lowest BCUT2D eigenvalue weighted by atomic mass is 9.72. The summed E-state index contributed by atoms with van der Waals surface area (Å²) in [5, 5.41) is 12.6. The number of hydrogen-bond acceptors (Lipinski definition) is 3. The van der Waals surface area contributed by atoms with E-state index in [-0.39, 0.29) is 5.91 Å². The summed E-state index contributed by atoms with van der Waals surface area (Å²) in [6.07, 6.45) is 0.809. The monoisotopic (exact) mass is 305 g/mol. The number of fused-ring (bicyclic) bond motifs is 1. The Morgan fingerprint density at radius 1 is 1.09 bits per heavy atom. The molecule has 2 aromatic carbocycles. The van der Waals surface area contributed by atoms with Crippen LogP contribution in [0.4, 0.5) is 5.69 Å². The highest BCUT2D eigenvalue weighted by Crippen LogP contribution is 2.48. The van der Waals surface area contributed by atoms with Crippen LogP contribution < -0.4 is 5.01 Å². The number of benzene rings is 2. The van der Waals surface area contributed by atoms with E-state index in [0.29, 0.717) is 12.8 Å². The second-order valence-corrected chi connectivity index (χ2v) is 5.91. The van der Waals surface area contributed by atoms with Gasteiger partial charge in [0.1, 0.15) is 5.41 Å². The fraction of sp³-hybridized carbons (Fsp3) is 0.263. The van der Waals surface area contributed by atoms with Gasteiger partial charge in [0, 0.05) is 20.5 Å². The van der Waals surface area contributed by atoms with Gasteiger partial charge in [0.15, 0.2) is 0 Å². The highest BCUT2D eigenvalue weighted by atomic mass is 16.2. The molecule has 1 amide bonds. The van der Waals surface area contributed by atoms with Crippen molar-refractivity contribution in [2.75, 3.05) is 19.1 Å². The van der Waals surface area contributed by atoms with Gasteiger partial charge < -0.3 is 0 Å². The normalized spacial score (nSPS) is 19.7. The summed E-state index contributed by atoms with van der Waals surface area (Å²) in [6.45, 7) is 0. The maximum Gasteiger partial charge on any atom is 0.256 e. The molecule has 1 heterocycles. The highest BCUT2D eigenvalue weighted by Gasteiger charge is 2.52. The fourth-order valence-corrected chi connectivity index (χ4v) is 3.45. The number of hydrogen-bond donors (Lipinski definition) is 0. The molecule has 116 valence electrons. The molecule has 4 nitrogen and oxygen atoms in total. The van der Waals surface area contributed by atoms with Crippen LogP contribution in [0.5, 0.6) is 0 Å². The molecule has 23 heavy (non-hydrogen) atoms. The first-order valence-corrected chi connectivity index (χ1v) is 7.66. The van der Waals surface area contributed by atoms with Crippen LogP contribution in [0.1, 0.15) is 24.0 Å². The summed E-state index contributed by atoms with van der Waals surface area (Å²) >= 11 is 0. The van der Waals surface area contributed by atoms with Gasteiger partial charge in [0.25, 0.3) is 5.91 Å². The Kier molecular flexibility index (Phi) is 3.89. The summed E-state index contributed by atoms with van der Waals surface area (Å²) in [5.41, 5.74) is 2.01. The van der Waals surface area contributed by atoms with Crippen LogP contribution >= 0.6 is 0 Å². The largest absolute Gasteiger partial charge is 0.272 e. The molecule has 0 saturated carbocycles. The quantitative estimate of drug-likeness (QED) is 0.872. The lowest BCUT2D eigenvalue weighted by Crippen LogP contribution is -2.47. The molecular formula is C19H19N3O. The van der Waals surface area contributed by atoms with Gasteiger partial charge in [-0.15, -0.1) is 0 Å². The van der Waals surface area contributed by atoms with Crippen LogP contribution in [0.3, 0.4) is 0 Å². The van der Waals surface area contributed by atoms with Crippen molar-refractivity contribution < 1.29 is 4.79 Å². The minimum absolute atomic E-state index is 0.00477. The summed E-state index contributed by atoms with van der Waals surface area (Å²) in [7, 11) is 3.72. The van der Waals surface area contributed by atoms with E-state index < -0.39 is 5.41 Å². The maximum atomic E-state index is 13.4. The third-order valence-electron chi connectivity index (χ3n) is 4.43. The molecule has 1 unspecified atom stereocenters. The van der Waals surface area contributed by atoms with Gasteiger partial charge in [-0.2, -0.15) is 5.26 Å². The standard InChI is InChI=1S/C19H19N3O/c1-21(2)22-17-12-7-6-11-16(17)19(18(22)23,13-8-14-20)15-9-4-3-5-10-15/h3-7,9-12H,8,13H2,1-2H3. The van der Waals surface area contributed by atoms with Crippen molar-refractivity contribution in [2.45, 2.75) is 18.3 Å². The molecule has 0 aliphatic carbocycles. The summed E-state index contributed by atoms with van der Waals surface area (Å²) in [6, 6.07) is 19.8. The van der Waals surface area contributed by atoms with Gasteiger partial charge in [-0.3, -0.25) is 4.79 Å². The van der Waals surface area contributed by atoms with E-state index in [9.17, 15) is 4.79 Å². The van der Waals surface area contributed by atoms with E-state index in [2.05, 4.69) is 6.07 Å². The Balaban J connectivity index is 2.27. The molecule has 0 radical (unpaired) electrons. The number of rotatable bonds is 4. The molecule has 0 saturated heterocycles. The molecule has 0 N–H and O–H groups in total. The number of carbonyl (C=O) groups is 1. The average molecular weight is 305 g/mol. The van der Waals surface area contributed by atoms with Gasteiger partial charge in [-0.25, -0.2) is 10.0 Å². The molecule has 0 aromatic heterocycles. The Morgan fingerprint density at radius 2 is 1.74 bits per heavy atom. The number of nitrogens with zero attached hydrogens (tertiary/aromatic N) is 3. The van der Waals surface area contributed by atoms with Crippen LogP contribution in [0.2, 0.25) is 0 Å². The van der Waals surface area contributed by atoms with E-state index in [1.165, 1.54) is 0 Å². The van der Waals surface area contributed by atoms with Crippen molar-refractivity contribution in [3.05, 3.63) is 65.7 Å². The summed E-state index contributed by atoms with van der Waals surface area (Å²) < 4.78 is 0. The number of nitriles is 1. The second kappa shape index (κ2) is 5.86. The van der Waals surface area contributed by atoms with E-state index in [0.717, 1.165) is 16.8 Å². The predicted octanol–water partition coefficient (Wildman–Crippen LogP) is 3.10. The Hall–Kier alpha value is -2.64. The van der Waals surface area contributed by atoms with Crippen molar-refractivity contribution in [3.8, 4) is 6.07 Å². The summed E-state index contributed by atoms with van der Waals surface area (Å²) in [4.78, 5) is 13.4. The zero-order chi connectivity index (χ0) is 16.4. The zero-order valence-corrected chi connectivity index (χ0v) is 13.4. The third kappa shape index (κ3) is 2.21. The molecule has 3 rings (SSSR count). The molecule has 2 aromatic rings. The second-order valence-electron chi connectivity index (χ2n) is 5.91. The van der Waals surface area contributed by atoms with Gasteiger partial charge in [0.05, 0.1) is 11.8 Å². The van der Waals surface area contributed by atoms with Gasteiger partial charge >= 0.3 is 0 Å². The van der Waals surface area contributed by atoms with E-state index >= 15 is 0 Å². The predicted molar refractivity (Wildman–Crippen MR) is 89.7 cm³/mol. The fourth-order valence-electron chi connectivity index (χ4n) is 3.45. The van der Waals surface area contributed by atoms with Crippen LogP contribution in [-0.4, -0.2) is 25.0 Å².